The number of para-hydroxylation sites is 1. The highest BCUT2D eigenvalue weighted by Crippen LogP contribution is 2.59. The molecule has 0 atom stereocenters. The molecular weight excluding hydrogens is 679 g/mol. The molecule has 260 valence electrons. The van der Waals surface area contributed by atoms with Gasteiger partial charge in [-0.15, -0.1) is 22.7 Å². The van der Waals surface area contributed by atoms with E-state index >= 15 is 0 Å². The fourth-order valence-corrected chi connectivity index (χ4v) is 11.6. The van der Waals surface area contributed by atoms with Gasteiger partial charge in [0, 0.05) is 31.4 Å². The summed E-state index contributed by atoms with van der Waals surface area (Å²) in [4.78, 5) is 6.34. The summed E-state index contributed by atoms with van der Waals surface area (Å²) in [7, 11) is 0. The lowest BCUT2D eigenvalue weighted by atomic mass is 9.78. The molecule has 0 radical (unpaired) electrons. The van der Waals surface area contributed by atoms with Crippen LogP contribution in [0.5, 0.6) is 0 Å². The highest BCUT2D eigenvalue weighted by atomic mass is 32.1. The van der Waals surface area contributed by atoms with Gasteiger partial charge in [0.15, 0.2) is 0 Å². The van der Waals surface area contributed by atoms with E-state index in [1.54, 1.807) is 11.3 Å². The molecule has 3 aliphatic carbocycles. The number of benzene rings is 6. The molecule has 2 aromatic heterocycles. The Morgan fingerprint density at radius 3 is 1.42 bits per heavy atom. The van der Waals surface area contributed by atoms with Crippen molar-refractivity contribution in [2.75, 3.05) is 0 Å². The van der Waals surface area contributed by atoms with Crippen molar-refractivity contribution in [2.45, 2.75) is 71.6 Å². The van der Waals surface area contributed by atoms with Gasteiger partial charge in [0.2, 0.25) is 0 Å². The van der Waals surface area contributed by atoms with Crippen LogP contribution in [-0.4, -0.2) is 4.98 Å². The maximum atomic E-state index is 5.00. The third kappa shape index (κ3) is 4.44. The number of rotatable bonds is 2. The highest BCUT2D eigenvalue weighted by Gasteiger charge is 2.44. The molecule has 0 bridgehead atoms. The molecule has 53 heavy (non-hydrogen) atoms. The first-order valence-electron chi connectivity index (χ1n) is 19.0. The van der Waals surface area contributed by atoms with Crippen LogP contribution in [0.4, 0.5) is 0 Å². The third-order valence-corrected chi connectivity index (χ3v) is 14.8. The van der Waals surface area contributed by atoms with Crippen molar-refractivity contribution in [3.63, 3.8) is 0 Å². The first kappa shape index (κ1) is 32.8. The Kier molecular flexibility index (Phi) is 6.87. The lowest BCUT2D eigenvalue weighted by molar-refractivity contribution is 0.649. The molecule has 0 saturated carbocycles. The molecule has 0 unspecified atom stereocenters. The van der Waals surface area contributed by atoms with Gasteiger partial charge < -0.3 is 0 Å². The van der Waals surface area contributed by atoms with Gasteiger partial charge in [-0.25, -0.2) is 4.98 Å². The largest absolute Gasteiger partial charge is 0.236 e. The topological polar surface area (TPSA) is 12.9 Å². The van der Waals surface area contributed by atoms with Crippen molar-refractivity contribution in [2.24, 2.45) is 0 Å². The van der Waals surface area contributed by atoms with E-state index in [-0.39, 0.29) is 16.2 Å². The van der Waals surface area contributed by atoms with Gasteiger partial charge in [-0.2, -0.15) is 0 Å². The molecule has 3 aliphatic rings. The Bertz CT molecular complexity index is 2580. The molecule has 0 amide bonds. The first-order chi connectivity index (χ1) is 25.5. The summed E-state index contributed by atoms with van der Waals surface area (Å²) in [5, 5.41) is 2.42. The van der Waals surface area contributed by atoms with Gasteiger partial charge in [0.1, 0.15) is 5.01 Å². The number of nitrogens with zero attached hydrogens (tertiary/aromatic N) is 1. The maximum Gasteiger partial charge on any atom is 0.124 e. The molecular formula is C50H43NS2. The van der Waals surface area contributed by atoms with Crippen molar-refractivity contribution in [3.05, 3.63) is 149 Å². The lowest BCUT2D eigenvalue weighted by Gasteiger charge is -2.25. The van der Waals surface area contributed by atoms with E-state index in [2.05, 4.69) is 157 Å². The summed E-state index contributed by atoms with van der Waals surface area (Å²) in [6.07, 6.45) is 0. The van der Waals surface area contributed by atoms with Gasteiger partial charge in [-0.3, -0.25) is 0 Å². The molecule has 0 spiro atoms. The average Bonchev–Trinajstić information content (AvgIpc) is 3.94. The SMILES string of the molecule is CC.CC1(C)c2cc(-c3cc4ccccc4s3)ccc2-c2cc3c(cc21)-c1cc2c(cc1C3(C)C)-c1ccc(-c3nc4ccccc4s3)cc1C2(C)C. The molecule has 8 aromatic rings. The minimum absolute atomic E-state index is 0.0947. The Morgan fingerprint density at radius 2 is 0.868 bits per heavy atom. The van der Waals surface area contributed by atoms with Gasteiger partial charge in [-0.1, -0.05) is 110 Å². The zero-order valence-electron chi connectivity index (χ0n) is 31.7. The van der Waals surface area contributed by atoms with E-state index in [0.29, 0.717) is 0 Å². The Labute approximate surface area is 321 Å². The zero-order chi connectivity index (χ0) is 36.6. The smallest absolute Gasteiger partial charge is 0.124 e. The van der Waals surface area contributed by atoms with Crippen LogP contribution in [0, 0.1) is 0 Å². The summed E-state index contributed by atoms with van der Waals surface area (Å²) in [5.74, 6) is 0. The fraction of sp³-hybridized carbons (Fsp3) is 0.220. The maximum absolute atomic E-state index is 5.00. The molecule has 2 heterocycles. The molecule has 0 aliphatic heterocycles. The summed E-state index contributed by atoms with van der Waals surface area (Å²) >= 11 is 3.68. The summed E-state index contributed by atoms with van der Waals surface area (Å²) in [6.45, 7) is 18.5. The minimum atomic E-state index is -0.117. The van der Waals surface area contributed by atoms with E-state index in [9.17, 15) is 0 Å². The van der Waals surface area contributed by atoms with Crippen LogP contribution in [0.25, 0.3) is 74.7 Å². The van der Waals surface area contributed by atoms with Crippen LogP contribution in [0.3, 0.4) is 0 Å². The quantitative estimate of drug-likeness (QED) is 0.173. The van der Waals surface area contributed by atoms with Crippen molar-refractivity contribution in [3.8, 4) is 54.4 Å². The Hall–Kier alpha value is -4.83. The molecule has 6 aromatic carbocycles. The van der Waals surface area contributed by atoms with Gasteiger partial charge in [-0.05, 0) is 138 Å². The second-order valence-corrected chi connectivity index (χ2v) is 18.5. The fourth-order valence-electron chi connectivity index (χ4n) is 9.59. The third-order valence-electron chi connectivity index (χ3n) is 12.5. The van der Waals surface area contributed by atoms with Crippen LogP contribution in [0.2, 0.25) is 0 Å². The average molecular weight is 722 g/mol. The number of hydrogen-bond donors (Lipinski definition) is 0. The molecule has 0 N–H and O–H groups in total. The number of fused-ring (bicyclic) bond motifs is 11. The molecule has 11 rings (SSSR count). The number of aromatic nitrogens is 1. The zero-order valence-corrected chi connectivity index (χ0v) is 33.4. The van der Waals surface area contributed by atoms with Crippen molar-refractivity contribution in [1.29, 1.82) is 0 Å². The van der Waals surface area contributed by atoms with E-state index in [0.717, 1.165) is 10.5 Å². The van der Waals surface area contributed by atoms with E-state index in [1.807, 2.05) is 25.2 Å². The van der Waals surface area contributed by atoms with E-state index < -0.39 is 0 Å². The predicted molar refractivity (Wildman–Crippen MR) is 230 cm³/mol. The van der Waals surface area contributed by atoms with Gasteiger partial charge >= 0.3 is 0 Å². The van der Waals surface area contributed by atoms with E-state index in [4.69, 9.17) is 4.98 Å². The number of hydrogen-bond acceptors (Lipinski definition) is 3. The highest BCUT2D eigenvalue weighted by molar-refractivity contribution is 7.22. The molecule has 0 saturated heterocycles. The van der Waals surface area contributed by atoms with Crippen LogP contribution >= 0.6 is 22.7 Å². The Morgan fingerprint density at radius 1 is 0.415 bits per heavy atom. The Balaban J connectivity index is 0.00000172. The second kappa shape index (κ2) is 11.1. The standard InChI is InChI=1S/C48H37NS2.C2H6/c1-46(2)35-19-27(44-21-26-11-7-9-13-42(26)50-44)15-17-29(35)31-22-39-33(24-37(31)46)34-25-38-32(23-40(34)48(39,5)6)30-18-16-28(20-36(30)47(38,3)4)45-49-41-12-8-10-14-43(41)51-45;1-2/h7-25H,1-6H3;1-2H3. The number of thiazole rings is 1. The van der Waals surface area contributed by atoms with Crippen molar-refractivity contribution < 1.29 is 0 Å². The monoisotopic (exact) mass is 721 g/mol. The van der Waals surface area contributed by atoms with Crippen LogP contribution in [-0.2, 0) is 16.2 Å². The molecule has 0 fully saturated rings. The van der Waals surface area contributed by atoms with Crippen LogP contribution in [0.1, 0.15) is 88.8 Å². The lowest BCUT2D eigenvalue weighted by Crippen LogP contribution is -2.17. The van der Waals surface area contributed by atoms with E-state index in [1.165, 1.54) is 97.6 Å². The summed E-state index contributed by atoms with van der Waals surface area (Å²) < 4.78 is 2.58. The van der Waals surface area contributed by atoms with Crippen LogP contribution < -0.4 is 0 Å². The summed E-state index contributed by atoms with van der Waals surface area (Å²) in [5.41, 5.74) is 20.2. The predicted octanol–water partition coefficient (Wildman–Crippen LogP) is 14.8. The van der Waals surface area contributed by atoms with Crippen molar-refractivity contribution in [1.82, 2.24) is 4.98 Å². The summed E-state index contributed by atoms with van der Waals surface area (Å²) in [6, 6.07) is 44.0. The van der Waals surface area contributed by atoms with Gasteiger partial charge in [0.25, 0.3) is 0 Å². The number of thiophene rings is 1. The minimum Gasteiger partial charge on any atom is -0.236 e. The second-order valence-electron chi connectivity index (χ2n) is 16.4. The first-order valence-corrected chi connectivity index (χ1v) is 20.7. The normalized spacial score (nSPS) is 16.0. The van der Waals surface area contributed by atoms with Gasteiger partial charge in [0.05, 0.1) is 10.2 Å². The molecule has 1 nitrogen and oxygen atoms in total. The van der Waals surface area contributed by atoms with Crippen molar-refractivity contribution >= 4 is 43.0 Å². The van der Waals surface area contributed by atoms with Crippen LogP contribution in [0.15, 0.2) is 115 Å². The molecule has 3 heteroatoms.